The zero-order chi connectivity index (χ0) is 16.9. The normalized spacial score (nSPS) is 16.0. The van der Waals surface area contributed by atoms with E-state index in [-0.39, 0.29) is 18.1 Å². The van der Waals surface area contributed by atoms with Gasteiger partial charge in [0.2, 0.25) is 0 Å². The van der Waals surface area contributed by atoms with Gasteiger partial charge in [-0.15, -0.1) is 0 Å². The Labute approximate surface area is 139 Å². The fourth-order valence-corrected chi connectivity index (χ4v) is 3.24. The first kappa shape index (κ1) is 15.0. The van der Waals surface area contributed by atoms with E-state index in [1.807, 2.05) is 24.3 Å². The zero-order valence-electron chi connectivity index (χ0n) is 14.0. The lowest BCUT2D eigenvalue weighted by molar-refractivity contribution is 0.0483. The molecule has 0 fully saturated rings. The van der Waals surface area contributed by atoms with E-state index >= 15 is 0 Å². The number of carbonyl (C=O) groups excluding carboxylic acids is 1. The van der Waals surface area contributed by atoms with Gasteiger partial charge in [0.1, 0.15) is 16.9 Å². The maximum atomic E-state index is 12.0. The first-order chi connectivity index (χ1) is 11.5. The van der Waals surface area contributed by atoms with Crippen molar-refractivity contribution in [3.8, 4) is 5.75 Å². The van der Waals surface area contributed by atoms with E-state index in [1.54, 1.807) is 6.92 Å². The van der Waals surface area contributed by atoms with Crippen LogP contribution in [0, 0.1) is 0 Å². The van der Waals surface area contributed by atoms with Crippen molar-refractivity contribution in [2.75, 3.05) is 6.61 Å². The van der Waals surface area contributed by atoms with E-state index in [0.29, 0.717) is 11.1 Å². The lowest BCUT2D eigenvalue weighted by atomic mass is 9.91. The highest BCUT2D eigenvalue weighted by molar-refractivity contribution is 6.09. The zero-order valence-corrected chi connectivity index (χ0v) is 14.0. The van der Waals surface area contributed by atoms with Crippen LogP contribution in [-0.4, -0.2) is 23.2 Å². The molecule has 24 heavy (non-hydrogen) atoms. The van der Waals surface area contributed by atoms with E-state index in [1.165, 1.54) is 0 Å². The third-order valence-corrected chi connectivity index (χ3v) is 4.41. The minimum absolute atomic E-state index is 0.00441. The summed E-state index contributed by atoms with van der Waals surface area (Å²) in [6.45, 7) is 6.21. The van der Waals surface area contributed by atoms with Crippen molar-refractivity contribution in [1.82, 2.24) is 4.98 Å². The predicted octanol–water partition coefficient (Wildman–Crippen LogP) is 4.26. The van der Waals surface area contributed by atoms with Gasteiger partial charge in [0, 0.05) is 16.3 Å². The summed E-state index contributed by atoms with van der Waals surface area (Å²) in [5.41, 5.74) is 2.09. The van der Waals surface area contributed by atoms with Crippen molar-refractivity contribution in [3.63, 3.8) is 0 Å². The van der Waals surface area contributed by atoms with Crippen LogP contribution in [0.15, 0.2) is 28.7 Å². The Hall–Kier alpha value is -2.56. The molecule has 5 nitrogen and oxygen atoms in total. The maximum absolute atomic E-state index is 12.0. The minimum atomic E-state index is -0.538. The number of hydrogen-bond donors (Lipinski definition) is 0. The molecule has 0 amide bonds. The summed E-state index contributed by atoms with van der Waals surface area (Å²) in [4.78, 5) is 16.4. The summed E-state index contributed by atoms with van der Waals surface area (Å²) in [6.07, 6.45) is 1.72. The molecule has 0 radical (unpaired) electrons. The standard InChI is InChI=1S/C19H19NO4/c1-4-22-18(21)17-20-14-13-9-10-19(2,3)24-15(13)11-7-5-6-8-12(11)16(14)23-17/h5-8H,4,9-10H2,1-3H3. The van der Waals surface area contributed by atoms with Gasteiger partial charge in [-0.3, -0.25) is 0 Å². The Balaban J connectivity index is 2.03. The van der Waals surface area contributed by atoms with Gasteiger partial charge in [-0.2, -0.15) is 0 Å². The molecule has 2 heterocycles. The van der Waals surface area contributed by atoms with Crippen LogP contribution in [0.1, 0.15) is 43.4 Å². The van der Waals surface area contributed by atoms with Crippen LogP contribution in [0.5, 0.6) is 5.75 Å². The molecule has 0 saturated heterocycles. The monoisotopic (exact) mass is 325 g/mol. The van der Waals surface area contributed by atoms with E-state index < -0.39 is 5.97 Å². The van der Waals surface area contributed by atoms with Gasteiger partial charge >= 0.3 is 11.9 Å². The Morgan fingerprint density at radius 1 is 1.29 bits per heavy atom. The van der Waals surface area contributed by atoms with Crippen molar-refractivity contribution in [3.05, 3.63) is 35.7 Å². The van der Waals surface area contributed by atoms with Gasteiger partial charge in [-0.05, 0) is 33.6 Å². The topological polar surface area (TPSA) is 61.6 Å². The molecule has 1 aliphatic heterocycles. The number of benzene rings is 2. The molecule has 4 rings (SSSR count). The number of ether oxygens (including phenoxy) is 2. The number of nitrogens with zero attached hydrogens (tertiary/aromatic N) is 1. The average Bonchev–Trinajstić information content (AvgIpc) is 3.00. The second-order valence-electron chi connectivity index (χ2n) is 6.63. The molecule has 0 spiro atoms. The van der Waals surface area contributed by atoms with Gasteiger partial charge in [0.25, 0.3) is 0 Å². The van der Waals surface area contributed by atoms with E-state index in [0.717, 1.165) is 34.9 Å². The van der Waals surface area contributed by atoms with Gasteiger partial charge in [0.15, 0.2) is 5.58 Å². The molecule has 0 N–H and O–H groups in total. The Kier molecular flexibility index (Phi) is 3.27. The summed E-state index contributed by atoms with van der Waals surface area (Å²) in [5.74, 6) is 0.303. The summed E-state index contributed by atoms with van der Waals surface area (Å²) in [6, 6.07) is 7.89. The van der Waals surface area contributed by atoms with Crippen LogP contribution in [0.3, 0.4) is 0 Å². The molecule has 1 aliphatic rings. The van der Waals surface area contributed by atoms with Crippen molar-refractivity contribution in [2.24, 2.45) is 0 Å². The molecular formula is C19H19NO4. The second-order valence-corrected chi connectivity index (χ2v) is 6.63. The SMILES string of the molecule is CCOC(=O)c1nc2c3c(c4ccccc4c2o1)OC(C)(C)CC3. The van der Waals surface area contributed by atoms with Crippen LogP contribution >= 0.6 is 0 Å². The van der Waals surface area contributed by atoms with Crippen LogP contribution in [-0.2, 0) is 11.2 Å². The molecule has 0 unspecified atom stereocenters. The Bertz CT molecular complexity index is 955. The van der Waals surface area contributed by atoms with Crippen molar-refractivity contribution in [2.45, 2.75) is 39.2 Å². The van der Waals surface area contributed by atoms with Crippen LogP contribution in [0.25, 0.3) is 21.9 Å². The lowest BCUT2D eigenvalue weighted by Crippen LogP contribution is -2.32. The number of aryl methyl sites for hydroxylation is 1. The minimum Gasteiger partial charge on any atom is -0.487 e. The molecule has 1 aromatic heterocycles. The smallest absolute Gasteiger partial charge is 0.394 e. The molecular weight excluding hydrogens is 306 g/mol. The average molecular weight is 325 g/mol. The summed E-state index contributed by atoms with van der Waals surface area (Å²) >= 11 is 0. The van der Waals surface area contributed by atoms with Crippen molar-refractivity contribution in [1.29, 1.82) is 0 Å². The number of esters is 1. The van der Waals surface area contributed by atoms with E-state index in [2.05, 4.69) is 18.8 Å². The van der Waals surface area contributed by atoms with E-state index in [4.69, 9.17) is 13.9 Å². The highest BCUT2D eigenvalue weighted by atomic mass is 16.5. The first-order valence-electron chi connectivity index (χ1n) is 8.20. The number of oxazole rings is 1. The molecule has 2 aromatic carbocycles. The molecule has 124 valence electrons. The van der Waals surface area contributed by atoms with Crippen molar-refractivity contribution >= 4 is 27.8 Å². The maximum Gasteiger partial charge on any atom is 0.394 e. The third-order valence-electron chi connectivity index (χ3n) is 4.41. The van der Waals surface area contributed by atoms with Gasteiger partial charge in [-0.25, -0.2) is 9.78 Å². The summed E-state index contributed by atoms with van der Waals surface area (Å²) < 4.78 is 17.1. The Morgan fingerprint density at radius 3 is 2.79 bits per heavy atom. The molecule has 5 heteroatoms. The van der Waals surface area contributed by atoms with Gasteiger partial charge in [0.05, 0.1) is 6.61 Å². The molecule has 0 saturated carbocycles. The van der Waals surface area contributed by atoms with Gasteiger partial charge in [-0.1, -0.05) is 24.3 Å². The van der Waals surface area contributed by atoms with Crippen LogP contribution in [0.2, 0.25) is 0 Å². The van der Waals surface area contributed by atoms with Crippen LogP contribution in [0.4, 0.5) is 0 Å². The first-order valence-corrected chi connectivity index (χ1v) is 8.20. The van der Waals surface area contributed by atoms with E-state index in [9.17, 15) is 4.79 Å². The summed E-state index contributed by atoms with van der Waals surface area (Å²) in [7, 11) is 0. The van der Waals surface area contributed by atoms with Gasteiger partial charge < -0.3 is 13.9 Å². The Morgan fingerprint density at radius 2 is 2.04 bits per heavy atom. The predicted molar refractivity (Wildman–Crippen MR) is 90.5 cm³/mol. The lowest BCUT2D eigenvalue weighted by Gasteiger charge is -2.33. The third kappa shape index (κ3) is 2.23. The highest BCUT2D eigenvalue weighted by Gasteiger charge is 2.32. The largest absolute Gasteiger partial charge is 0.487 e. The second kappa shape index (κ2) is 5.23. The summed E-state index contributed by atoms with van der Waals surface area (Å²) in [5, 5.41) is 1.88. The fraction of sp³-hybridized carbons (Fsp3) is 0.368. The van der Waals surface area contributed by atoms with Crippen LogP contribution < -0.4 is 4.74 Å². The molecule has 0 atom stereocenters. The highest BCUT2D eigenvalue weighted by Crippen LogP contribution is 2.44. The number of fused-ring (bicyclic) bond motifs is 6. The molecule has 3 aromatic rings. The number of hydrogen-bond acceptors (Lipinski definition) is 5. The quantitative estimate of drug-likeness (QED) is 0.659. The fourth-order valence-electron chi connectivity index (χ4n) is 3.24. The number of carbonyl (C=O) groups is 1. The number of rotatable bonds is 2. The molecule has 0 aliphatic carbocycles. The van der Waals surface area contributed by atoms with Crippen molar-refractivity contribution < 1.29 is 18.7 Å². The molecule has 0 bridgehead atoms. The number of aromatic nitrogens is 1.